The summed E-state index contributed by atoms with van der Waals surface area (Å²) in [5.41, 5.74) is -0.747. The van der Waals surface area contributed by atoms with Gasteiger partial charge in [-0.05, 0) is 5.41 Å². The van der Waals surface area contributed by atoms with Crippen LogP contribution in [-0.2, 0) is 9.53 Å². The van der Waals surface area contributed by atoms with E-state index in [0.717, 1.165) is 7.11 Å². The summed E-state index contributed by atoms with van der Waals surface area (Å²) in [7, 11) is 1.09. The second kappa shape index (κ2) is 4.19. The number of hydrogen-bond acceptors (Lipinski definition) is 2. The van der Waals surface area contributed by atoms with Crippen LogP contribution in [0, 0.1) is 11.3 Å². The van der Waals surface area contributed by atoms with Gasteiger partial charge in [-0.1, -0.05) is 20.8 Å². The summed E-state index contributed by atoms with van der Waals surface area (Å²) in [6.07, 6.45) is -5.48. The number of methoxy groups -OCH3 is 1. The average Bonchev–Trinajstić information content (AvgIpc) is 1.95. The van der Waals surface area contributed by atoms with E-state index in [1.807, 2.05) is 0 Å². The van der Waals surface area contributed by atoms with Crippen LogP contribution < -0.4 is 0 Å². The van der Waals surface area contributed by atoms with Crippen molar-refractivity contribution in [2.45, 2.75) is 33.4 Å². The zero-order valence-corrected chi connectivity index (χ0v) is 8.73. The summed E-state index contributed by atoms with van der Waals surface area (Å²) in [6.45, 7) is 4.75. The van der Waals surface area contributed by atoms with Gasteiger partial charge in [0.1, 0.15) is 0 Å². The maximum absolute atomic E-state index is 12.1. The van der Waals surface area contributed by atoms with Gasteiger partial charge in [0.05, 0.1) is 19.4 Å². The van der Waals surface area contributed by atoms with Gasteiger partial charge in [0.15, 0.2) is 0 Å². The Bertz CT molecular complexity index is 203. The van der Waals surface area contributed by atoms with E-state index in [1.165, 1.54) is 0 Å². The first-order valence-corrected chi connectivity index (χ1v) is 4.22. The van der Waals surface area contributed by atoms with Crippen molar-refractivity contribution >= 4 is 5.97 Å². The van der Waals surface area contributed by atoms with Gasteiger partial charge in [0.25, 0.3) is 0 Å². The summed E-state index contributed by atoms with van der Waals surface area (Å²) in [5.74, 6) is -1.96. The molecule has 1 unspecified atom stereocenters. The van der Waals surface area contributed by atoms with Crippen LogP contribution in [0.5, 0.6) is 0 Å². The van der Waals surface area contributed by atoms with Crippen LogP contribution in [0.25, 0.3) is 0 Å². The maximum Gasteiger partial charge on any atom is 0.389 e. The van der Waals surface area contributed by atoms with Crippen LogP contribution in [0.1, 0.15) is 27.2 Å². The maximum atomic E-state index is 12.1. The number of carbonyl (C=O) groups is 1. The standard InChI is InChI=1S/C9H15F3O2/c1-8(2,3)6(7(13)14-4)5-9(10,11)12/h6H,5H2,1-4H3. The van der Waals surface area contributed by atoms with Crippen molar-refractivity contribution in [3.05, 3.63) is 0 Å². The van der Waals surface area contributed by atoms with Gasteiger partial charge >= 0.3 is 12.1 Å². The number of rotatable bonds is 2. The van der Waals surface area contributed by atoms with Crippen LogP contribution in [0.3, 0.4) is 0 Å². The van der Waals surface area contributed by atoms with Gasteiger partial charge in [0.2, 0.25) is 0 Å². The number of esters is 1. The normalized spacial score (nSPS) is 15.1. The molecule has 84 valence electrons. The molecular weight excluding hydrogens is 197 g/mol. The van der Waals surface area contributed by atoms with Crippen molar-refractivity contribution in [1.29, 1.82) is 0 Å². The Labute approximate surface area is 81.4 Å². The summed E-state index contributed by atoms with van der Waals surface area (Å²) in [4.78, 5) is 11.1. The van der Waals surface area contributed by atoms with Crippen LogP contribution >= 0.6 is 0 Å². The van der Waals surface area contributed by atoms with E-state index in [9.17, 15) is 18.0 Å². The molecule has 1 atom stereocenters. The number of halogens is 3. The molecule has 0 aliphatic heterocycles. The molecule has 2 nitrogen and oxygen atoms in total. The van der Waals surface area contributed by atoms with E-state index in [1.54, 1.807) is 20.8 Å². The predicted octanol–water partition coefficient (Wildman–Crippen LogP) is 2.77. The minimum absolute atomic E-state index is 0.747. The first-order chi connectivity index (χ1) is 6.08. The van der Waals surface area contributed by atoms with Crippen molar-refractivity contribution in [2.75, 3.05) is 7.11 Å². The zero-order chi connectivity index (χ0) is 11.6. The van der Waals surface area contributed by atoms with Crippen LogP contribution in [0.4, 0.5) is 13.2 Å². The molecule has 0 bridgehead atoms. The van der Waals surface area contributed by atoms with Gasteiger partial charge in [-0.15, -0.1) is 0 Å². The number of alkyl halides is 3. The lowest BCUT2D eigenvalue weighted by Gasteiger charge is -2.28. The Morgan fingerprint density at radius 1 is 1.29 bits per heavy atom. The van der Waals surface area contributed by atoms with Gasteiger partial charge in [0, 0.05) is 0 Å². The van der Waals surface area contributed by atoms with Crippen LogP contribution in [0.2, 0.25) is 0 Å². The third-order valence-corrected chi connectivity index (χ3v) is 1.97. The lowest BCUT2D eigenvalue weighted by Crippen LogP contribution is -2.33. The quantitative estimate of drug-likeness (QED) is 0.658. The van der Waals surface area contributed by atoms with Gasteiger partial charge in [-0.3, -0.25) is 4.79 Å². The number of ether oxygens (including phenoxy) is 1. The van der Waals surface area contributed by atoms with Crippen molar-refractivity contribution in [2.24, 2.45) is 11.3 Å². The average molecular weight is 212 g/mol. The van der Waals surface area contributed by atoms with Gasteiger partial charge in [-0.25, -0.2) is 0 Å². The van der Waals surface area contributed by atoms with E-state index < -0.39 is 29.9 Å². The van der Waals surface area contributed by atoms with E-state index in [0.29, 0.717) is 0 Å². The first kappa shape index (κ1) is 13.3. The van der Waals surface area contributed by atoms with Crippen molar-refractivity contribution in [3.63, 3.8) is 0 Å². The highest BCUT2D eigenvalue weighted by Gasteiger charge is 2.41. The van der Waals surface area contributed by atoms with Crippen molar-refractivity contribution in [1.82, 2.24) is 0 Å². The highest BCUT2D eigenvalue weighted by Crippen LogP contribution is 2.36. The molecule has 0 spiro atoms. The Hall–Kier alpha value is -0.740. The third kappa shape index (κ3) is 4.48. The highest BCUT2D eigenvalue weighted by atomic mass is 19.4. The Morgan fingerprint density at radius 2 is 1.71 bits per heavy atom. The molecule has 5 heteroatoms. The second-order valence-corrected chi connectivity index (χ2v) is 4.26. The molecule has 0 aromatic rings. The molecule has 14 heavy (non-hydrogen) atoms. The number of carbonyl (C=O) groups excluding carboxylic acids is 1. The summed E-state index contributed by atoms with van der Waals surface area (Å²) < 4.78 is 40.7. The van der Waals surface area contributed by atoms with Crippen molar-refractivity contribution < 1.29 is 22.7 Å². The summed E-state index contributed by atoms with van der Waals surface area (Å²) in [5, 5.41) is 0. The molecule has 0 saturated carbocycles. The van der Waals surface area contributed by atoms with E-state index >= 15 is 0 Å². The largest absolute Gasteiger partial charge is 0.469 e. The Morgan fingerprint density at radius 3 is 1.93 bits per heavy atom. The fourth-order valence-electron chi connectivity index (χ4n) is 1.12. The Balaban J connectivity index is 4.67. The monoisotopic (exact) mass is 212 g/mol. The molecule has 0 rings (SSSR count). The summed E-state index contributed by atoms with van der Waals surface area (Å²) >= 11 is 0. The lowest BCUT2D eigenvalue weighted by molar-refractivity contribution is -0.173. The zero-order valence-electron chi connectivity index (χ0n) is 8.73. The fourth-order valence-corrected chi connectivity index (χ4v) is 1.12. The molecule has 0 fully saturated rings. The van der Waals surface area contributed by atoms with E-state index in [4.69, 9.17) is 0 Å². The van der Waals surface area contributed by atoms with Gasteiger partial charge in [-0.2, -0.15) is 13.2 Å². The molecule has 0 aromatic heterocycles. The highest BCUT2D eigenvalue weighted by molar-refractivity contribution is 5.73. The first-order valence-electron chi connectivity index (χ1n) is 4.22. The molecular formula is C9H15F3O2. The topological polar surface area (TPSA) is 26.3 Å². The molecule has 0 aromatic carbocycles. The lowest BCUT2D eigenvalue weighted by atomic mass is 9.78. The molecule has 0 saturated heterocycles. The van der Waals surface area contributed by atoms with E-state index in [-0.39, 0.29) is 0 Å². The molecule has 0 aliphatic rings. The van der Waals surface area contributed by atoms with E-state index in [2.05, 4.69) is 4.74 Å². The molecule has 0 radical (unpaired) electrons. The number of hydrogen-bond donors (Lipinski definition) is 0. The minimum Gasteiger partial charge on any atom is -0.469 e. The molecule has 0 N–H and O–H groups in total. The SMILES string of the molecule is COC(=O)C(CC(F)(F)F)C(C)(C)C. The minimum atomic E-state index is -4.34. The third-order valence-electron chi connectivity index (χ3n) is 1.97. The second-order valence-electron chi connectivity index (χ2n) is 4.26. The molecule has 0 heterocycles. The smallest absolute Gasteiger partial charge is 0.389 e. The van der Waals surface area contributed by atoms with Gasteiger partial charge < -0.3 is 4.74 Å². The van der Waals surface area contributed by atoms with Crippen LogP contribution in [0.15, 0.2) is 0 Å². The van der Waals surface area contributed by atoms with Crippen LogP contribution in [-0.4, -0.2) is 19.3 Å². The fraction of sp³-hybridized carbons (Fsp3) is 0.889. The predicted molar refractivity (Wildman–Crippen MR) is 45.6 cm³/mol. The molecule has 0 amide bonds. The van der Waals surface area contributed by atoms with Crippen molar-refractivity contribution in [3.8, 4) is 0 Å². The molecule has 0 aliphatic carbocycles. The summed E-state index contributed by atoms with van der Waals surface area (Å²) in [6, 6.07) is 0. The Kier molecular flexibility index (Phi) is 3.97.